The van der Waals surface area contributed by atoms with Gasteiger partial charge in [0.15, 0.2) is 0 Å². The van der Waals surface area contributed by atoms with Crippen LogP contribution >= 0.6 is 0 Å². The topological polar surface area (TPSA) is 3.24 Å². The molecule has 14 heavy (non-hydrogen) atoms. The molecule has 0 aliphatic rings. The molecule has 0 fully saturated rings. The summed E-state index contributed by atoms with van der Waals surface area (Å²) in [5.41, 5.74) is 1.38. The summed E-state index contributed by atoms with van der Waals surface area (Å²) in [6.07, 6.45) is 2.21. The first-order valence-electron chi connectivity index (χ1n) is 4.84. The SMILES string of the molecule is [CH2-]CCCN(C)Cc1ccccc1.[Nb]. The molecule has 77 valence electrons. The number of nitrogens with zero attached hydrogens (tertiary/aromatic N) is 1. The molecule has 1 aromatic rings. The Balaban J connectivity index is 0.00000169. The van der Waals surface area contributed by atoms with Crippen molar-refractivity contribution in [3.05, 3.63) is 42.8 Å². The van der Waals surface area contributed by atoms with Gasteiger partial charge < -0.3 is 11.8 Å². The number of hydrogen-bond donors (Lipinski definition) is 0. The van der Waals surface area contributed by atoms with Crippen LogP contribution in [0.4, 0.5) is 0 Å². The summed E-state index contributed by atoms with van der Waals surface area (Å²) < 4.78 is 0. The molecule has 0 spiro atoms. The molecule has 0 amide bonds. The molecule has 0 N–H and O–H groups in total. The van der Waals surface area contributed by atoms with Crippen LogP contribution in [0.25, 0.3) is 0 Å². The van der Waals surface area contributed by atoms with Crippen LogP contribution in [0.3, 0.4) is 0 Å². The molecule has 1 aromatic carbocycles. The first-order valence-corrected chi connectivity index (χ1v) is 4.84. The first kappa shape index (κ1) is 13.9. The van der Waals surface area contributed by atoms with Crippen molar-refractivity contribution in [2.75, 3.05) is 13.6 Å². The maximum Gasteiger partial charge on any atom is 0.0230 e. The van der Waals surface area contributed by atoms with E-state index in [0.717, 1.165) is 19.5 Å². The van der Waals surface area contributed by atoms with E-state index in [1.54, 1.807) is 0 Å². The molecular formula is C12H18NNb-. The van der Waals surface area contributed by atoms with E-state index in [-0.39, 0.29) is 22.4 Å². The molecule has 1 radical (unpaired) electrons. The molecule has 0 aliphatic heterocycles. The molecule has 0 heterocycles. The Labute approximate surface area is 103 Å². The molecule has 2 heteroatoms. The number of rotatable bonds is 5. The van der Waals surface area contributed by atoms with Crippen molar-refractivity contribution < 1.29 is 22.4 Å². The number of benzene rings is 1. The zero-order valence-corrected chi connectivity index (χ0v) is 11.0. The second-order valence-corrected chi connectivity index (χ2v) is 3.43. The minimum Gasteiger partial charge on any atom is -0.343 e. The van der Waals surface area contributed by atoms with Crippen molar-refractivity contribution in [3.8, 4) is 0 Å². The Kier molecular flexibility index (Phi) is 8.20. The summed E-state index contributed by atoms with van der Waals surface area (Å²) in [6.45, 7) is 6.02. The normalized spacial score (nSPS) is 9.93. The fourth-order valence-corrected chi connectivity index (χ4v) is 1.36. The Morgan fingerprint density at radius 3 is 2.43 bits per heavy atom. The van der Waals surface area contributed by atoms with Gasteiger partial charge in [-0.3, -0.25) is 0 Å². The van der Waals surface area contributed by atoms with Gasteiger partial charge in [0, 0.05) is 28.9 Å². The van der Waals surface area contributed by atoms with Gasteiger partial charge in [-0.15, -0.1) is 0 Å². The maximum absolute atomic E-state index is 3.84. The summed E-state index contributed by atoms with van der Waals surface area (Å²) in [7, 11) is 2.16. The third-order valence-corrected chi connectivity index (χ3v) is 2.09. The Hall–Kier alpha value is -0.0797. The van der Waals surface area contributed by atoms with E-state index in [1.807, 2.05) is 0 Å². The minimum absolute atomic E-state index is 0. The fraction of sp³-hybridized carbons (Fsp3) is 0.417. The van der Waals surface area contributed by atoms with Crippen LogP contribution in [0, 0.1) is 6.92 Å². The molecule has 0 atom stereocenters. The van der Waals surface area contributed by atoms with Gasteiger partial charge in [0.1, 0.15) is 0 Å². The van der Waals surface area contributed by atoms with Crippen LogP contribution < -0.4 is 0 Å². The van der Waals surface area contributed by atoms with Crippen LogP contribution in [0.5, 0.6) is 0 Å². The van der Waals surface area contributed by atoms with Crippen molar-refractivity contribution in [3.63, 3.8) is 0 Å². The van der Waals surface area contributed by atoms with E-state index in [0.29, 0.717) is 0 Å². The van der Waals surface area contributed by atoms with Gasteiger partial charge in [-0.2, -0.15) is 6.42 Å². The molecule has 1 nitrogen and oxygen atoms in total. The van der Waals surface area contributed by atoms with Crippen molar-refractivity contribution >= 4 is 0 Å². The summed E-state index contributed by atoms with van der Waals surface area (Å²) in [5, 5.41) is 0. The van der Waals surface area contributed by atoms with E-state index in [2.05, 4.69) is 49.2 Å². The number of unbranched alkanes of at least 4 members (excludes halogenated alkanes) is 1. The second-order valence-electron chi connectivity index (χ2n) is 3.43. The van der Waals surface area contributed by atoms with Crippen LogP contribution in [0.1, 0.15) is 18.4 Å². The molecule has 0 unspecified atom stereocenters. The standard InChI is InChI=1S/C12H18N.Nb/c1-3-4-10-13(2)11-12-8-6-5-7-9-12;/h5-9H,1,3-4,10-11H2,2H3;/q-1;. The van der Waals surface area contributed by atoms with E-state index in [9.17, 15) is 0 Å². The van der Waals surface area contributed by atoms with Crippen LogP contribution in [0.15, 0.2) is 30.3 Å². The van der Waals surface area contributed by atoms with Crippen LogP contribution in [0.2, 0.25) is 0 Å². The average molecular weight is 269 g/mol. The summed E-state index contributed by atoms with van der Waals surface area (Å²) >= 11 is 0. The smallest absolute Gasteiger partial charge is 0.0230 e. The Bertz CT molecular complexity index is 223. The van der Waals surface area contributed by atoms with Gasteiger partial charge in [-0.05, 0) is 19.2 Å². The molecule has 0 aromatic heterocycles. The van der Waals surface area contributed by atoms with Gasteiger partial charge in [-0.25, -0.2) is 0 Å². The summed E-state index contributed by atoms with van der Waals surface area (Å²) in [6, 6.07) is 10.6. The quantitative estimate of drug-likeness (QED) is 0.587. The fourth-order valence-electron chi connectivity index (χ4n) is 1.36. The summed E-state index contributed by atoms with van der Waals surface area (Å²) in [5.74, 6) is 0. The largest absolute Gasteiger partial charge is 0.343 e. The molecule has 1 rings (SSSR count). The van der Waals surface area contributed by atoms with E-state index in [4.69, 9.17) is 0 Å². The molecular weight excluding hydrogens is 251 g/mol. The third-order valence-electron chi connectivity index (χ3n) is 2.09. The predicted octanol–water partition coefficient (Wildman–Crippen LogP) is 2.73. The minimum atomic E-state index is 0. The van der Waals surface area contributed by atoms with Gasteiger partial charge in [0.2, 0.25) is 0 Å². The van der Waals surface area contributed by atoms with E-state index >= 15 is 0 Å². The first-order chi connectivity index (χ1) is 6.33. The Morgan fingerprint density at radius 2 is 1.86 bits per heavy atom. The maximum atomic E-state index is 3.84. The van der Waals surface area contributed by atoms with Crippen LogP contribution in [-0.4, -0.2) is 18.5 Å². The average Bonchev–Trinajstić information content (AvgIpc) is 2.16. The zero-order valence-electron chi connectivity index (χ0n) is 8.82. The third kappa shape index (κ3) is 5.61. The van der Waals surface area contributed by atoms with Gasteiger partial charge in [0.05, 0.1) is 0 Å². The van der Waals surface area contributed by atoms with Crippen molar-refractivity contribution in [2.24, 2.45) is 0 Å². The van der Waals surface area contributed by atoms with E-state index < -0.39 is 0 Å². The van der Waals surface area contributed by atoms with E-state index in [1.165, 1.54) is 12.0 Å². The van der Waals surface area contributed by atoms with Crippen molar-refractivity contribution in [1.29, 1.82) is 0 Å². The van der Waals surface area contributed by atoms with Crippen molar-refractivity contribution in [2.45, 2.75) is 19.4 Å². The van der Waals surface area contributed by atoms with Crippen LogP contribution in [-0.2, 0) is 28.9 Å². The molecule has 0 saturated heterocycles. The van der Waals surface area contributed by atoms with Crippen molar-refractivity contribution in [1.82, 2.24) is 4.90 Å². The molecule has 0 aliphatic carbocycles. The molecule has 0 bridgehead atoms. The second kappa shape index (κ2) is 8.25. The summed E-state index contributed by atoms with van der Waals surface area (Å²) in [4.78, 5) is 2.33. The zero-order chi connectivity index (χ0) is 9.52. The predicted molar refractivity (Wildman–Crippen MR) is 57.4 cm³/mol. The van der Waals surface area contributed by atoms with Gasteiger partial charge in [0.25, 0.3) is 0 Å². The monoisotopic (exact) mass is 269 g/mol. The van der Waals surface area contributed by atoms with Gasteiger partial charge in [-0.1, -0.05) is 36.8 Å². The molecule has 0 saturated carbocycles. The van der Waals surface area contributed by atoms with Gasteiger partial charge >= 0.3 is 0 Å². The number of hydrogen-bond acceptors (Lipinski definition) is 1. The Morgan fingerprint density at radius 1 is 1.21 bits per heavy atom.